The Balaban J connectivity index is 3.63. The standard InChI is InChI=1S/C6H12NO2/c1-3-6(9)7(4-2)5-8/h6,9H,3-4H2,1-2H3. The minimum atomic E-state index is -0.660. The van der Waals surface area contributed by atoms with Gasteiger partial charge in [0.05, 0.1) is 0 Å². The van der Waals surface area contributed by atoms with Crippen molar-refractivity contribution >= 4 is 6.41 Å². The first kappa shape index (κ1) is 8.43. The first-order chi connectivity index (χ1) is 4.26. The molecule has 0 aliphatic rings. The predicted octanol–water partition coefficient (Wildman–Crippen LogP) is 0.104. The summed E-state index contributed by atoms with van der Waals surface area (Å²) in [7, 11) is 0. The fourth-order valence-corrected chi connectivity index (χ4v) is 0.557. The van der Waals surface area contributed by atoms with Crippen LogP contribution in [0.25, 0.3) is 0 Å². The predicted molar refractivity (Wildman–Crippen MR) is 34.4 cm³/mol. The second-order valence-electron chi connectivity index (χ2n) is 1.77. The number of carbonyl (C=O) groups excluding carboxylic acids is 1. The molecular formula is C6H12NO2. The average Bonchev–Trinajstić information content (AvgIpc) is 1.90. The fraction of sp³-hybridized carbons (Fsp3) is 0.833. The van der Waals surface area contributed by atoms with E-state index in [2.05, 4.69) is 0 Å². The smallest absolute Gasteiger partial charge is 0.314 e. The highest BCUT2D eigenvalue weighted by Crippen LogP contribution is 1.94. The number of amides is 1. The highest BCUT2D eigenvalue weighted by molar-refractivity contribution is 5.48. The molecule has 0 saturated carbocycles. The van der Waals surface area contributed by atoms with Gasteiger partial charge in [0.2, 0.25) is 0 Å². The number of hydrogen-bond donors (Lipinski definition) is 1. The van der Waals surface area contributed by atoms with Crippen LogP contribution in [-0.4, -0.2) is 29.2 Å². The Bertz CT molecular complexity index is 85.1. The Kier molecular flexibility index (Phi) is 4.05. The van der Waals surface area contributed by atoms with Crippen molar-refractivity contribution in [3.8, 4) is 0 Å². The van der Waals surface area contributed by atoms with Crippen LogP contribution in [0.3, 0.4) is 0 Å². The Morgan fingerprint density at radius 3 is 2.33 bits per heavy atom. The fourth-order valence-electron chi connectivity index (χ4n) is 0.557. The van der Waals surface area contributed by atoms with Crippen LogP contribution in [0, 0.1) is 0 Å². The first-order valence-electron chi connectivity index (χ1n) is 3.08. The molecule has 0 spiro atoms. The maximum absolute atomic E-state index is 9.98. The molecular weight excluding hydrogens is 118 g/mol. The molecule has 0 aromatic carbocycles. The van der Waals surface area contributed by atoms with E-state index in [1.807, 2.05) is 6.92 Å². The van der Waals surface area contributed by atoms with Crippen LogP contribution in [0.1, 0.15) is 20.3 Å². The third-order valence-corrected chi connectivity index (χ3v) is 1.18. The molecule has 0 aromatic rings. The molecule has 0 bridgehead atoms. The number of rotatable bonds is 4. The molecule has 1 amide bonds. The average molecular weight is 130 g/mol. The second kappa shape index (κ2) is 4.32. The van der Waals surface area contributed by atoms with E-state index in [1.165, 1.54) is 4.90 Å². The molecule has 1 N–H and O–H groups in total. The van der Waals surface area contributed by atoms with Crippen molar-refractivity contribution in [2.24, 2.45) is 0 Å². The normalized spacial score (nSPS) is 12.8. The zero-order valence-electron chi connectivity index (χ0n) is 5.79. The Hall–Kier alpha value is -0.570. The Morgan fingerprint density at radius 1 is 1.67 bits per heavy atom. The zero-order valence-corrected chi connectivity index (χ0v) is 5.79. The van der Waals surface area contributed by atoms with Crippen molar-refractivity contribution in [1.29, 1.82) is 0 Å². The molecule has 3 heteroatoms. The molecule has 0 fully saturated rings. The maximum Gasteiger partial charge on any atom is 0.314 e. The molecule has 1 radical (unpaired) electrons. The lowest BCUT2D eigenvalue weighted by molar-refractivity contribution is 0.0515. The molecule has 0 aliphatic carbocycles. The Labute approximate surface area is 55.3 Å². The van der Waals surface area contributed by atoms with E-state index in [4.69, 9.17) is 5.11 Å². The van der Waals surface area contributed by atoms with Gasteiger partial charge in [0.1, 0.15) is 6.23 Å². The summed E-state index contributed by atoms with van der Waals surface area (Å²) in [4.78, 5) is 11.2. The van der Waals surface area contributed by atoms with E-state index < -0.39 is 6.23 Å². The SMILES string of the molecule is CCC(O)N([C]=O)CC. The topological polar surface area (TPSA) is 40.5 Å². The van der Waals surface area contributed by atoms with Crippen LogP contribution >= 0.6 is 0 Å². The van der Waals surface area contributed by atoms with Crippen molar-refractivity contribution in [1.82, 2.24) is 4.90 Å². The zero-order chi connectivity index (χ0) is 7.28. The number of aliphatic hydroxyl groups excluding tert-OH is 1. The van der Waals surface area contributed by atoms with Crippen LogP contribution in [0.4, 0.5) is 0 Å². The highest BCUT2D eigenvalue weighted by atomic mass is 16.3. The van der Waals surface area contributed by atoms with E-state index in [0.29, 0.717) is 13.0 Å². The van der Waals surface area contributed by atoms with Crippen molar-refractivity contribution in [2.75, 3.05) is 6.54 Å². The molecule has 1 unspecified atom stereocenters. The van der Waals surface area contributed by atoms with Gasteiger partial charge in [-0.2, -0.15) is 0 Å². The minimum Gasteiger partial charge on any atom is -0.374 e. The lowest BCUT2D eigenvalue weighted by Gasteiger charge is -2.18. The quantitative estimate of drug-likeness (QED) is 0.433. The van der Waals surface area contributed by atoms with Gasteiger partial charge in [-0.15, -0.1) is 0 Å². The molecule has 0 saturated heterocycles. The lowest BCUT2D eigenvalue weighted by atomic mass is 10.4. The van der Waals surface area contributed by atoms with Crippen LogP contribution < -0.4 is 0 Å². The van der Waals surface area contributed by atoms with E-state index in [9.17, 15) is 4.79 Å². The van der Waals surface area contributed by atoms with Crippen LogP contribution in [-0.2, 0) is 4.79 Å². The largest absolute Gasteiger partial charge is 0.374 e. The minimum absolute atomic E-state index is 0.512. The van der Waals surface area contributed by atoms with Gasteiger partial charge < -0.3 is 10.0 Å². The molecule has 0 aliphatic heterocycles. The number of aliphatic hydroxyl groups is 1. The Morgan fingerprint density at radius 2 is 2.22 bits per heavy atom. The van der Waals surface area contributed by atoms with Crippen LogP contribution in [0.5, 0.6) is 0 Å². The van der Waals surface area contributed by atoms with E-state index in [0.717, 1.165) is 0 Å². The lowest BCUT2D eigenvalue weighted by Crippen LogP contribution is -2.32. The monoisotopic (exact) mass is 130 g/mol. The van der Waals surface area contributed by atoms with Gasteiger partial charge in [-0.3, -0.25) is 4.79 Å². The third kappa shape index (κ3) is 2.46. The van der Waals surface area contributed by atoms with Gasteiger partial charge in [-0.05, 0) is 13.3 Å². The third-order valence-electron chi connectivity index (χ3n) is 1.18. The van der Waals surface area contributed by atoms with Crippen LogP contribution in [0.15, 0.2) is 0 Å². The molecule has 1 atom stereocenters. The first-order valence-corrected chi connectivity index (χ1v) is 3.08. The van der Waals surface area contributed by atoms with Crippen molar-refractivity contribution in [3.05, 3.63) is 0 Å². The summed E-state index contributed by atoms with van der Waals surface area (Å²) in [5.74, 6) is 0. The van der Waals surface area contributed by atoms with Crippen LogP contribution in [0.2, 0.25) is 0 Å². The molecule has 0 rings (SSSR count). The summed E-state index contributed by atoms with van der Waals surface area (Å²) in [5.41, 5.74) is 0. The second-order valence-corrected chi connectivity index (χ2v) is 1.77. The molecule has 0 heterocycles. The molecule has 0 aromatic heterocycles. The van der Waals surface area contributed by atoms with Gasteiger partial charge in [0, 0.05) is 6.54 Å². The van der Waals surface area contributed by atoms with Gasteiger partial charge in [-0.1, -0.05) is 6.92 Å². The molecule has 3 nitrogen and oxygen atoms in total. The maximum atomic E-state index is 9.98. The summed E-state index contributed by atoms with van der Waals surface area (Å²) >= 11 is 0. The van der Waals surface area contributed by atoms with Gasteiger partial charge in [0.15, 0.2) is 0 Å². The molecule has 53 valence electrons. The summed E-state index contributed by atoms with van der Waals surface area (Å²) in [6.07, 6.45) is 1.53. The summed E-state index contributed by atoms with van der Waals surface area (Å²) in [6, 6.07) is 0. The number of hydrogen-bond acceptors (Lipinski definition) is 2. The van der Waals surface area contributed by atoms with Gasteiger partial charge >= 0.3 is 6.41 Å². The van der Waals surface area contributed by atoms with Crippen molar-refractivity contribution in [2.45, 2.75) is 26.5 Å². The summed E-state index contributed by atoms with van der Waals surface area (Å²) < 4.78 is 0. The van der Waals surface area contributed by atoms with E-state index in [1.54, 1.807) is 13.3 Å². The molecule has 9 heavy (non-hydrogen) atoms. The van der Waals surface area contributed by atoms with Gasteiger partial charge in [-0.25, -0.2) is 0 Å². The van der Waals surface area contributed by atoms with E-state index in [-0.39, 0.29) is 0 Å². The highest BCUT2D eigenvalue weighted by Gasteiger charge is 2.07. The van der Waals surface area contributed by atoms with Crippen molar-refractivity contribution < 1.29 is 9.90 Å². The summed E-state index contributed by atoms with van der Waals surface area (Å²) in [5, 5.41) is 8.98. The van der Waals surface area contributed by atoms with Crippen molar-refractivity contribution in [3.63, 3.8) is 0 Å². The van der Waals surface area contributed by atoms with E-state index >= 15 is 0 Å². The number of nitrogens with zero attached hydrogens (tertiary/aromatic N) is 1. The summed E-state index contributed by atoms with van der Waals surface area (Å²) in [6.45, 7) is 4.12. The van der Waals surface area contributed by atoms with Gasteiger partial charge in [0.25, 0.3) is 0 Å².